The lowest BCUT2D eigenvalue weighted by molar-refractivity contribution is 0.0709. The van der Waals surface area contributed by atoms with Crippen LogP contribution in [0, 0.1) is 6.92 Å². The number of carbonyl (C=O) groups excluding carboxylic acids is 1. The van der Waals surface area contributed by atoms with E-state index >= 15 is 0 Å². The standard InChI is InChI=1S/C19H25N7O/c1-3-26-17(13-25-10-4-8-21-25)22-23-18(26)15-6-11-24(12-7-15)19(27)16-5-9-20-14(16)2/h4-5,8-10,15,20H,3,6-7,11-13H2,1-2H3. The van der Waals surface area contributed by atoms with Crippen LogP contribution >= 0.6 is 0 Å². The fourth-order valence-corrected chi connectivity index (χ4v) is 3.85. The smallest absolute Gasteiger partial charge is 0.255 e. The van der Waals surface area contributed by atoms with Gasteiger partial charge in [-0.15, -0.1) is 10.2 Å². The van der Waals surface area contributed by atoms with Crippen LogP contribution in [-0.4, -0.2) is 53.4 Å². The van der Waals surface area contributed by atoms with Crippen LogP contribution < -0.4 is 0 Å². The predicted molar refractivity (Wildman–Crippen MR) is 100 cm³/mol. The van der Waals surface area contributed by atoms with Gasteiger partial charge in [-0.25, -0.2) is 0 Å². The fourth-order valence-electron chi connectivity index (χ4n) is 3.85. The normalized spacial score (nSPS) is 15.4. The van der Waals surface area contributed by atoms with Crippen molar-refractivity contribution in [3.63, 3.8) is 0 Å². The summed E-state index contributed by atoms with van der Waals surface area (Å²) in [5.74, 6) is 2.41. The molecule has 1 aliphatic heterocycles. The number of hydrogen-bond acceptors (Lipinski definition) is 4. The summed E-state index contributed by atoms with van der Waals surface area (Å²) in [6, 6.07) is 3.77. The summed E-state index contributed by atoms with van der Waals surface area (Å²) in [6.45, 7) is 7.01. The Balaban J connectivity index is 1.44. The van der Waals surface area contributed by atoms with Gasteiger partial charge in [0.15, 0.2) is 5.82 Å². The Hall–Kier alpha value is -2.90. The number of rotatable bonds is 5. The maximum atomic E-state index is 12.7. The average Bonchev–Trinajstić information content (AvgIpc) is 3.43. The number of piperidine rings is 1. The Morgan fingerprint density at radius 2 is 2.11 bits per heavy atom. The molecule has 0 spiro atoms. The zero-order valence-corrected chi connectivity index (χ0v) is 15.8. The summed E-state index contributed by atoms with van der Waals surface area (Å²) in [6.07, 6.45) is 7.35. The van der Waals surface area contributed by atoms with Crippen LogP contribution in [0.3, 0.4) is 0 Å². The summed E-state index contributed by atoms with van der Waals surface area (Å²) in [5.41, 5.74) is 1.70. The van der Waals surface area contributed by atoms with Gasteiger partial charge in [0.1, 0.15) is 12.4 Å². The Morgan fingerprint density at radius 3 is 2.74 bits per heavy atom. The summed E-state index contributed by atoms with van der Waals surface area (Å²) in [4.78, 5) is 17.7. The molecule has 4 rings (SSSR count). The summed E-state index contributed by atoms with van der Waals surface area (Å²) in [7, 11) is 0. The summed E-state index contributed by atoms with van der Waals surface area (Å²) < 4.78 is 4.06. The number of aromatic amines is 1. The molecular formula is C19H25N7O. The van der Waals surface area contributed by atoms with Gasteiger partial charge >= 0.3 is 0 Å². The Morgan fingerprint density at radius 1 is 1.30 bits per heavy atom. The Kier molecular flexibility index (Phi) is 4.79. The third-order valence-corrected chi connectivity index (χ3v) is 5.37. The molecule has 1 aliphatic rings. The molecule has 1 saturated heterocycles. The molecule has 3 aromatic rings. The van der Waals surface area contributed by atoms with Crippen LogP contribution in [0.1, 0.15) is 53.4 Å². The van der Waals surface area contributed by atoms with Crippen molar-refractivity contribution in [2.24, 2.45) is 0 Å². The first-order valence-electron chi connectivity index (χ1n) is 9.50. The SMILES string of the molecule is CCn1c(Cn2cccn2)nnc1C1CCN(C(=O)c2cc[nH]c2C)CC1. The van der Waals surface area contributed by atoms with Gasteiger partial charge in [0.05, 0.1) is 5.56 Å². The first-order chi connectivity index (χ1) is 13.2. The van der Waals surface area contributed by atoms with E-state index in [-0.39, 0.29) is 5.91 Å². The van der Waals surface area contributed by atoms with Gasteiger partial charge in [-0.1, -0.05) is 0 Å². The number of aryl methyl sites for hydroxylation is 1. The first kappa shape index (κ1) is 17.5. The minimum absolute atomic E-state index is 0.114. The molecule has 4 heterocycles. The molecule has 8 nitrogen and oxygen atoms in total. The Bertz CT molecular complexity index is 901. The molecular weight excluding hydrogens is 342 g/mol. The van der Waals surface area contributed by atoms with Gasteiger partial charge in [0, 0.05) is 49.8 Å². The van der Waals surface area contributed by atoms with E-state index in [0.29, 0.717) is 12.5 Å². The highest BCUT2D eigenvalue weighted by atomic mass is 16.2. The van der Waals surface area contributed by atoms with E-state index in [1.54, 1.807) is 6.20 Å². The minimum atomic E-state index is 0.114. The van der Waals surface area contributed by atoms with Crippen molar-refractivity contribution in [2.75, 3.05) is 13.1 Å². The van der Waals surface area contributed by atoms with E-state index < -0.39 is 0 Å². The van der Waals surface area contributed by atoms with Gasteiger partial charge in [-0.3, -0.25) is 9.48 Å². The highest BCUT2D eigenvalue weighted by molar-refractivity contribution is 5.95. The van der Waals surface area contributed by atoms with Crippen LogP contribution in [-0.2, 0) is 13.1 Å². The number of H-pyrrole nitrogens is 1. The zero-order chi connectivity index (χ0) is 18.8. The maximum Gasteiger partial charge on any atom is 0.255 e. The summed E-state index contributed by atoms with van der Waals surface area (Å²) >= 11 is 0. The second kappa shape index (κ2) is 7.38. The first-order valence-corrected chi connectivity index (χ1v) is 9.50. The largest absolute Gasteiger partial charge is 0.365 e. The van der Waals surface area contributed by atoms with Gasteiger partial charge in [-0.2, -0.15) is 5.10 Å². The molecule has 0 radical (unpaired) electrons. The van der Waals surface area contributed by atoms with Crippen molar-refractivity contribution >= 4 is 5.91 Å². The van der Waals surface area contributed by atoms with Gasteiger partial charge in [0.25, 0.3) is 5.91 Å². The topological polar surface area (TPSA) is 84.6 Å². The lowest BCUT2D eigenvalue weighted by Gasteiger charge is -2.31. The monoisotopic (exact) mass is 367 g/mol. The molecule has 1 amide bonds. The average molecular weight is 367 g/mol. The van der Waals surface area contributed by atoms with Crippen LogP contribution in [0.25, 0.3) is 0 Å². The Labute approximate surface area is 158 Å². The molecule has 0 aliphatic carbocycles. The molecule has 0 bridgehead atoms. The lowest BCUT2D eigenvalue weighted by atomic mass is 9.95. The van der Waals surface area contributed by atoms with E-state index in [1.807, 2.05) is 41.0 Å². The predicted octanol–water partition coefficient (Wildman–Crippen LogP) is 2.20. The van der Waals surface area contributed by atoms with Gasteiger partial charge in [0.2, 0.25) is 0 Å². The fraction of sp³-hybridized carbons (Fsp3) is 0.474. The van der Waals surface area contributed by atoms with Crippen LogP contribution in [0.5, 0.6) is 0 Å². The highest BCUT2D eigenvalue weighted by Gasteiger charge is 2.29. The van der Waals surface area contributed by atoms with Crippen molar-refractivity contribution in [1.29, 1.82) is 0 Å². The van der Waals surface area contributed by atoms with Gasteiger partial charge in [-0.05, 0) is 38.8 Å². The summed E-state index contributed by atoms with van der Waals surface area (Å²) in [5, 5.41) is 13.2. The van der Waals surface area contributed by atoms with E-state index in [4.69, 9.17) is 0 Å². The minimum Gasteiger partial charge on any atom is -0.365 e. The van der Waals surface area contributed by atoms with Crippen molar-refractivity contribution in [2.45, 2.75) is 45.7 Å². The molecule has 27 heavy (non-hydrogen) atoms. The number of nitrogens with zero attached hydrogens (tertiary/aromatic N) is 6. The third kappa shape index (κ3) is 3.39. The molecule has 142 valence electrons. The number of aromatic nitrogens is 6. The van der Waals surface area contributed by atoms with Crippen molar-refractivity contribution in [3.8, 4) is 0 Å². The van der Waals surface area contributed by atoms with Crippen molar-refractivity contribution in [1.82, 2.24) is 34.4 Å². The number of likely N-dealkylation sites (tertiary alicyclic amines) is 1. The molecule has 0 saturated carbocycles. The van der Waals surface area contributed by atoms with E-state index in [2.05, 4.69) is 31.8 Å². The van der Waals surface area contributed by atoms with Crippen molar-refractivity contribution < 1.29 is 4.79 Å². The van der Waals surface area contributed by atoms with Crippen LogP contribution in [0.4, 0.5) is 0 Å². The molecule has 0 unspecified atom stereocenters. The van der Waals surface area contributed by atoms with Gasteiger partial charge < -0.3 is 14.5 Å². The van der Waals surface area contributed by atoms with Crippen molar-refractivity contribution in [3.05, 3.63) is 53.6 Å². The number of hydrogen-bond donors (Lipinski definition) is 1. The van der Waals surface area contributed by atoms with E-state index in [1.165, 1.54) is 0 Å². The van der Waals surface area contributed by atoms with E-state index in [0.717, 1.165) is 55.4 Å². The molecule has 8 heteroatoms. The third-order valence-electron chi connectivity index (χ3n) is 5.37. The molecule has 3 aromatic heterocycles. The molecule has 1 fully saturated rings. The second-order valence-electron chi connectivity index (χ2n) is 7.01. The molecule has 0 atom stereocenters. The zero-order valence-electron chi connectivity index (χ0n) is 15.8. The maximum absolute atomic E-state index is 12.7. The quantitative estimate of drug-likeness (QED) is 0.749. The van der Waals surface area contributed by atoms with Crippen LogP contribution in [0.2, 0.25) is 0 Å². The second-order valence-corrected chi connectivity index (χ2v) is 7.01. The number of nitrogens with one attached hydrogen (secondary N) is 1. The van der Waals surface area contributed by atoms with Crippen LogP contribution in [0.15, 0.2) is 30.7 Å². The number of amides is 1. The number of carbonyl (C=O) groups is 1. The van der Waals surface area contributed by atoms with E-state index in [9.17, 15) is 4.79 Å². The lowest BCUT2D eigenvalue weighted by Crippen LogP contribution is -2.38. The molecule has 1 N–H and O–H groups in total. The molecule has 0 aromatic carbocycles. The highest BCUT2D eigenvalue weighted by Crippen LogP contribution is 2.28.